The fourth-order valence-corrected chi connectivity index (χ4v) is 1.09. The number of benzene rings is 1. The van der Waals surface area contributed by atoms with E-state index < -0.39 is 10.1 Å². The van der Waals surface area contributed by atoms with E-state index in [0.29, 0.717) is 0 Å². The van der Waals surface area contributed by atoms with Crippen molar-refractivity contribution < 1.29 is 13.0 Å². The maximum Gasteiger partial charge on any atom is 0.294 e. The van der Waals surface area contributed by atoms with Gasteiger partial charge in [0.15, 0.2) is 0 Å². The highest BCUT2D eigenvalue weighted by molar-refractivity contribution is 7.85. The van der Waals surface area contributed by atoms with Gasteiger partial charge >= 0.3 is 0 Å². The van der Waals surface area contributed by atoms with Gasteiger partial charge in [-0.05, 0) is 12.1 Å². The lowest BCUT2D eigenvalue weighted by Gasteiger charge is -1.92. The largest absolute Gasteiger partial charge is 0.294 e. The molecule has 0 aromatic heterocycles. The molecule has 0 aliphatic rings. The van der Waals surface area contributed by atoms with E-state index in [2.05, 4.69) is 0 Å². The molecule has 0 bridgehead atoms. The molecule has 0 amide bonds. The fourth-order valence-electron chi connectivity index (χ4n) is 0.592. The molecule has 5 heteroatoms. The van der Waals surface area contributed by atoms with Crippen molar-refractivity contribution in [3.05, 3.63) is 30.3 Å². The summed E-state index contributed by atoms with van der Waals surface area (Å²) in [7, 11) is -4.00. The lowest BCUT2D eigenvalue weighted by atomic mass is 10.4. The van der Waals surface area contributed by atoms with Gasteiger partial charge in [-0.3, -0.25) is 4.55 Å². The maximum absolute atomic E-state index is 10.4. The Bertz CT molecular complexity index is 306. The van der Waals surface area contributed by atoms with E-state index in [1.165, 1.54) is 12.1 Å². The average molecular weight is 195 g/mol. The van der Waals surface area contributed by atoms with Crippen LogP contribution in [-0.4, -0.2) is 13.0 Å². The summed E-state index contributed by atoms with van der Waals surface area (Å²) in [6, 6.07) is 7.42. The number of rotatable bonds is 1. The molecular weight excluding hydrogens is 188 g/mol. The molecule has 0 fully saturated rings. The summed E-state index contributed by atoms with van der Waals surface area (Å²) in [5, 5.41) is 0. The van der Waals surface area contributed by atoms with Crippen molar-refractivity contribution in [3.8, 4) is 0 Å². The van der Waals surface area contributed by atoms with Gasteiger partial charge in [-0.25, -0.2) is 0 Å². The van der Waals surface area contributed by atoms with Crippen molar-refractivity contribution >= 4 is 22.5 Å². The normalized spacial score (nSPS) is 10.3. The molecule has 0 heterocycles. The summed E-state index contributed by atoms with van der Waals surface area (Å²) >= 11 is 0. The number of halogens is 1. The van der Waals surface area contributed by atoms with Crippen LogP contribution in [0.2, 0.25) is 0 Å². The Morgan fingerprint density at radius 2 is 1.55 bits per heavy atom. The van der Waals surface area contributed by atoms with Gasteiger partial charge in [-0.1, -0.05) is 18.2 Å². The molecule has 0 spiro atoms. The van der Waals surface area contributed by atoms with E-state index >= 15 is 0 Å². The first kappa shape index (κ1) is 10.4. The molecule has 62 valence electrons. The SMILES string of the molecule is Cl.O=S(=O)(O)c1ccccc1. The second kappa shape index (κ2) is 3.71. The summed E-state index contributed by atoms with van der Waals surface area (Å²) in [6.45, 7) is 0. The van der Waals surface area contributed by atoms with Crippen molar-refractivity contribution in [2.75, 3.05) is 0 Å². The second-order valence-corrected chi connectivity index (χ2v) is 3.21. The molecule has 3 nitrogen and oxygen atoms in total. The molecule has 1 N–H and O–H groups in total. The van der Waals surface area contributed by atoms with Gasteiger partial charge in [0.05, 0.1) is 4.90 Å². The molecule has 0 saturated carbocycles. The van der Waals surface area contributed by atoms with Crippen molar-refractivity contribution in [1.82, 2.24) is 0 Å². The van der Waals surface area contributed by atoms with E-state index in [-0.39, 0.29) is 17.3 Å². The van der Waals surface area contributed by atoms with E-state index in [1.54, 1.807) is 18.2 Å². The molecular formula is C6H7ClO3S. The third-order valence-corrected chi connectivity index (χ3v) is 1.91. The summed E-state index contributed by atoms with van der Waals surface area (Å²) < 4.78 is 29.2. The first-order valence-corrected chi connectivity index (χ1v) is 4.07. The Morgan fingerprint density at radius 1 is 1.09 bits per heavy atom. The van der Waals surface area contributed by atoms with Crippen LogP contribution >= 0.6 is 12.4 Å². The van der Waals surface area contributed by atoms with Crippen LogP contribution in [0.3, 0.4) is 0 Å². The highest BCUT2D eigenvalue weighted by atomic mass is 35.5. The third kappa shape index (κ3) is 2.88. The standard InChI is InChI=1S/C6H6O3S.ClH/c7-10(8,9)6-4-2-1-3-5-6;/h1-5H,(H,7,8,9);1H. The van der Waals surface area contributed by atoms with Gasteiger partial charge in [0.2, 0.25) is 0 Å². The topological polar surface area (TPSA) is 54.4 Å². The summed E-state index contributed by atoms with van der Waals surface area (Å²) in [6.07, 6.45) is 0. The van der Waals surface area contributed by atoms with Crippen molar-refractivity contribution in [2.45, 2.75) is 4.90 Å². The van der Waals surface area contributed by atoms with E-state index in [9.17, 15) is 8.42 Å². The van der Waals surface area contributed by atoms with Gasteiger partial charge < -0.3 is 0 Å². The predicted octanol–water partition coefficient (Wildman–Crippen LogP) is 1.36. The van der Waals surface area contributed by atoms with Gasteiger partial charge in [0.25, 0.3) is 10.1 Å². The molecule has 0 saturated heterocycles. The highest BCUT2D eigenvalue weighted by Gasteiger charge is 2.05. The van der Waals surface area contributed by atoms with Crippen molar-refractivity contribution in [2.24, 2.45) is 0 Å². The lowest BCUT2D eigenvalue weighted by Crippen LogP contribution is -1.96. The average Bonchev–Trinajstić information content (AvgIpc) is 1.88. The quantitative estimate of drug-likeness (QED) is 0.687. The van der Waals surface area contributed by atoms with Crippen molar-refractivity contribution in [3.63, 3.8) is 0 Å². The molecule has 1 aromatic rings. The minimum Gasteiger partial charge on any atom is -0.282 e. The predicted molar refractivity (Wildman–Crippen MR) is 43.5 cm³/mol. The Balaban J connectivity index is 0.000001000. The van der Waals surface area contributed by atoms with Crippen LogP contribution in [-0.2, 0) is 10.1 Å². The van der Waals surface area contributed by atoms with Crippen LogP contribution < -0.4 is 0 Å². The fraction of sp³-hybridized carbons (Fsp3) is 0. The third-order valence-electron chi connectivity index (χ3n) is 1.04. The molecule has 0 unspecified atom stereocenters. The van der Waals surface area contributed by atoms with Crippen LogP contribution in [0.1, 0.15) is 0 Å². The highest BCUT2D eigenvalue weighted by Crippen LogP contribution is 2.05. The van der Waals surface area contributed by atoms with Crippen LogP contribution in [0.15, 0.2) is 35.2 Å². The summed E-state index contributed by atoms with van der Waals surface area (Å²) in [4.78, 5) is -0.0741. The zero-order chi connectivity index (χ0) is 7.61. The first-order valence-electron chi connectivity index (χ1n) is 2.63. The maximum atomic E-state index is 10.4. The van der Waals surface area contributed by atoms with E-state index in [0.717, 1.165) is 0 Å². The van der Waals surface area contributed by atoms with Crippen LogP contribution in [0.5, 0.6) is 0 Å². The minimum atomic E-state index is -4.00. The molecule has 0 aliphatic carbocycles. The van der Waals surface area contributed by atoms with Gasteiger partial charge in [-0.2, -0.15) is 8.42 Å². The van der Waals surface area contributed by atoms with Crippen molar-refractivity contribution in [1.29, 1.82) is 0 Å². The molecule has 1 aromatic carbocycles. The smallest absolute Gasteiger partial charge is 0.282 e. The number of hydrogen-bond donors (Lipinski definition) is 1. The monoisotopic (exact) mass is 194 g/mol. The zero-order valence-corrected chi connectivity index (χ0v) is 7.10. The second-order valence-electron chi connectivity index (χ2n) is 1.79. The summed E-state index contributed by atoms with van der Waals surface area (Å²) in [5.74, 6) is 0. The van der Waals surface area contributed by atoms with Gasteiger partial charge in [0, 0.05) is 0 Å². The molecule has 0 aliphatic heterocycles. The Kier molecular flexibility index (Phi) is 3.51. The summed E-state index contributed by atoms with van der Waals surface area (Å²) in [5.41, 5.74) is 0. The molecule has 0 atom stereocenters. The Morgan fingerprint density at radius 3 is 1.82 bits per heavy atom. The van der Waals surface area contributed by atoms with Crippen LogP contribution in [0.4, 0.5) is 0 Å². The molecule has 0 radical (unpaired) electrons. The van der Waals surface area contributed by atoms with Crippen LogP contribution in [0.25, 0.3) is 0 Å². The molecule has 1 rings (SSSR count). The van der Waals surface area contributed by atoms with Gasteiger partial charge in [0.1, 0.15) is 0 Å². The minimum absolute atomic E-state index is 0. The van der Waals surface area contributed by atoms with E-state index in [4.69, 9.17) is 4.55 Å². The van der Waals surface area contributed by atoms with E-state index in [1.807, 2.05) is 0 Å². The Labute approximate surface area is 71.2 Å². The number of hydrogen-bond acceptors (Lipinski definition) is 2. The van der Waals surface area contributed by atoms with Crippen LogP contribution in [0, 0.1) is 0 Å². The zero-order valence-electron chi connectivity index (χ0n) is 5.47. The molecule has 11 heavy (non-hydrogen) atoms. The van der Waals surface area contributed by atoms with Gasteiger partial charge in [-0.15, -0.1) is 12.4 Å². The Hall–Kier alpha value is -0.580. The first-order chi connectivity index (χ1) is 4.61. The lowest BCUT2D eigenvalue weighted by molar-refractivity contribution is 0.483.